The van der Waals surface area contributed by atoms with Crippen molar-refractivity contribution in [3.8, 4) is 0 Å². The SMILES string of the molecule is C[C@@H]1c2cc3ccccc3cc2S1(=O)=O. The molecular weight excluding hydrogens is 208 g/mol. The molecule has 0 unspecified atom stereocenters. The van der Waals surface area contributed by atoms with Crippen molar-refractivity contribution in [1.29, 1.82) is 0 Å². The molecule has 1 atom stereocenters. The number of fused-ring (bicyclic) bond motifs is 2. The van der Waals surface area contributed by atoms with Gasteiger partial charge in [-0.25, -0.2) is 8.42 Å². The number of sulfone groups is 1. The highest BCUT2D eigenvalue weighted by atomic mass is 32.2. The van der Waals surface area contributed by atoms with Crippen molar-refractivity contribution in [3.05, 3.63) is 42.0 Å². The number of benzene rings is 2. The molecule has 76 valence electrons. The average Bonchev–Trinajstić information content (AvgIpc) is 2.27. The van der Waals surface area contributed by atoms with Gasteiger partial charge < -0.3 is 0 Å². The zero-order chi connectivity index (χ0) is 10.6. The van der Waals surface area contributed by atoms with Crippen LogP contribution in [0.15, 0.2) is 41.3 Å². The van der Waals surface area contributed by atoms with Gasteiger partial charge in [0, 0.05) is 0 Å². The van der Waals surface area contributed by atoms with E-state index >= 15 is 0 Å². The van der Waals surface area contributed by atoms with Gasteiger partial charge in [0.05, 0.1) is 10.1 Å². The summed E-state index contributed by atoms with van der Waals surface area (Å²) in [6, 6.07) is 11.6. The number of rotatable bonds is 0. The van der Waals surface area contributed by atoms with E-state index in [1.54, 1.807) is 13.0 Å². The van der Waals surface area contributed by atoms with Crippen LogP contribution in [0.25, 0.3) is 10.8 Å². The van der Waals surface area contributed by atoms with E-state index in [0.29, 0.717) is 4.90 Å². The van der Waals surface area contributed by atoms with Crippen LogP contribution in [-0.4, -0.2) is 8.42 Å². The number of hydrogen-bond acceptors (Lipinski definition) is 2. The topological polar surface area (TPSA) is 34.1 Å². The Morgan fingerprint density at radius 2 is 1.67 bits per heavy atom. The Kier molecular flexibility index (Phi) is 1.55. The molecule has 0 radical (unpaired) electrons. The van der Waals surface area contributed by atoms with Gasteiger partial charge in [-0.05, 0) is 35.4 Å². The molecule has 1 heterocycles. The summed E-state index contributed by atoms with van der Waals surface area (Å²) in [5, 5.41) is 1.77. The van der Waals surface area contributed by atoms with Crippen LogP contribution in [0.2, 0.25) is 0 Å². The molecule has 0 saturated carbocycles. The van der Waals surface area contributed by atoms with Crippen molar-refractivity contribution in [2.45, 2.75) is 17.1 Å². The smallest absolute Gasteiger partial charge is 0.185 e. The molecule has 3 heteroatoms. The zero-order valence-electron chi connectivity index (χ0n) is 8.27. The highest BCUT2D eigenvalue weighted by molar-refractivity contribution is 7.93. The molecule has 0 saturated heterocycles. The first-order valence-electron chi connectivity index (χ1n) is 4.87. The molecule has 1 aliphatic heterocycles. The summed E-state index contributed by atoms with van der Waals surface area (Å²) in [5.41, 5.74) is 0.953. The maximum Gasteiger partial charge on any atom is 0.185 e. The lowest BCUT2D eigenvalue weighted by molar-refractivity contribution is 0.572. The van der Waals surface area contributed by atoms with E-state index in [1.165, 1.54) is 0 Å². The normalized spacial score (nSPS) is 22.1. The fourth-order valence-electron chi connectivity index (χ4n) is 2.10. The third kappa shape index (κ3) is 1.01. The molecule has 0 spiro atoms. The van der Waals surface area contributed by atoms with Crippen LogP contribution in [0, 0.1) is 0 Å². The van der Waals surface area contributed by atoms with Crippen molar-refractivity contribution in [2.75, 3.05) is 0 Å². The fraction of sp³-hybridized carbons (Fsp3) is 0.167. The second-order valence-electron chi connectivity index (χ2n) is 3.92. The van der Waals surface area contributed by atoms with E-state index in [1.807, 2.05) is 30.3 Å². The Balaban J connectivity index is 2.42. The Morgan fingerprint density at radius 1 is 1.07 bits per heavy atom. The molecule has 0 aliphatic carbocycles. The van der Waals surface area contributed by atoms with E-state index in [9.17, 15) is 8.42 Å². The molecule has 0 bridgehead atoms. The van der Waals surface area contributed by atoms with Gasteiger partial charge in [-0.2, -0.15) is 0 Å². The second-order valence-corrected chi connectivity index (χ2v) is 6.16. The first-order chi connectivity index (χ1) is 7.10. The minimum Gasteiger partial charge on any atom is -0.223 e. The average molecular weight is 218 g/mol. The summed E-state index contributed by atoms with van der Waals surface area (Å²) in [7, 11) is -3.01. The quantitative estimate of drug-likeness (QED) is 0.681. The van der Waals surface area contributed by atoms with Gasteiger partial charge in [-0.15, -0.1) is 0 Å². The fourth-order valence-corrected chi connectivity index (χ4v) is 3.68. The maximum atomic E-state index is 11.7. The summed E-state index contributed by atoms with van der Waals surface area (Å²) in [4.78, 5) is 0.508. The van der Waals surface area contributed by atoms with Crippen molar-refractivity contribution >= 4 is 20.6 Å². The first-order valence-corrected chi connectivity index (χ1v) is 6.42. The predicted molar refractivity (Wildman–Crippen MR) is 59.5 cm³/mol. The number of hydrogen-bond donors (Lipinski definition) is 0. The Hall–Kier alpha value is -1.35. The van der Waals surface area contributed by atoms with E-state index in [-0.39, 0.29) is 5.25 Å². The van der Waals surface area contributed by atoms with Crippen LogP contribution >= 0.6 is 0 Å². The summed E-state index contributed by atoms with van der Waals surface area (Å²) >= 11 is 0. The lowest BCUT2D eigenvalue weighted by Gasteiger charge is -2.27. The summed E-state index contributed by atoms with van der Waals surface area (Å²) in [5.74, 6) is 0. The van der Waals surface area contributed by atoms with Gasteiger partial charge in [-0.3, -0.25) is 0 Å². The van der Waals surface area contributed by atoms with Crippen molar-refractivity contribution in [3.63, 3.8) is 0 Å². The molecule has 0 fully saturated rings. The molecule has 3 rings (SSSR count). The van der Waals surface area contributed by atoms with E-state index < -0.39 is 9.84 Å². The zero-order valence-corrected chi connectivity index (χ0v) is 9.08. The molecule has 2 nitrogen and oxygen atoms in total. The van der Waals surface area contributed by atoms with Crippen LogP contribution in [0.3, 0.4) is 0 Å². The summed E-state index contributed by atoms with van der Waals surface area (Å²) in [6.07, 6.45) is 0. The second kappa shape index (κ2) is 2.61. The largest absolute Gasteiger partial charge is 0.223 e. The predicted octanol–water partition coefficient (Wildman–Crippen LogP) is 2.69. The Labute approximate surface area is 88.5 Å². The molecule has 0 amide bonds. The molecule has 2 aromatic rings. The molecule has 15 heavy (non-hydrogen) atoms. The van der Waals surface area contributed by atoms with Crippen LogP contribution in [0.5, 0.6) is 0 Å². The summed E-state index contributed by atoms with van der Waals surface area (Å²) < 4.78 is 23.4. The van der Waals surface area contributed by atoms with Crippen molar-refractivity contribution in [1.82, 2.24) is 0 Å². The minimum absolute atomic E-state index is 0.336. The van der Waals surface area contributed by atoms with E-state index in [4.69, 9.17) is 0 Å². The highest BCUT2D eigenvalue weighted by Crippen LogP contribution is 2.44. The monoisotopic (exact) mass is 218 g/mol. The van der Waals surface area contributed by atoms with Gasteiger partial charge in [0.25, 0.3) is 0 Å². The van der Waals surface area contributed by atoms with Gasteiger partial charge in [-0.1, -0.05) is 24.3 Å². The maximum absolute atomic E-state index is 11.7. The first kappa shape index (κ1) is 8.92. The van der Waals surface area contributed by atoms with Crippen LogP contribution in [0.1, 0.15) is 17.7 Å². The van der Waals surface area contributed by atoms with Gasteiger partial charge in [0.2, 0.25) is 0 Å². The molecule has 2 aromatic carbocycles. The van der Waals surface area contributed by atoms with Crippen LogP contribution < -0.4 is 0 Å². The highest BCUT2D eigenvalue weighted by Gasteiger charge is 2.39. The third-order valence-corrected chi connectivity index (χ3v) is 5.24. The lowest BCUT2D eigenvalue weighted by atomic mass is 10.0. The Bertz CT molecular complexity index is 656. The molecule has 1 aliphatic rings. The molecular formula is C12H10O2S. The summed E-state index contributed by atoms with van der Waals surface area (Å²) in [6.45, 7) is 1.74. The van der Waals surface area contributed by atoms with E-state index in [0.717, 1.165) is 16.3 Å². The van der Waals surface area contributed by atoms with Gasteiger partial charge in [0.1, 0.15) is 0 Å². The Morgan fingerprint density at radius 3 is 2.33 bits per heavy atom. The molecule has 0 aromatic heterocycles. The van der Waals surface area contributed by atoms with Gasteiger partial charge >= 0.3 is 0 Å². The third-order valence-electron chi connectivity index (χ3n) is 3.09. The van der Waals surface area contributed by atoms with Crippen LogP contribution in [-0.2, 0) is 9.84 Å². The van der Waals surface area contributed by atoms with E-state index in [2.05, 4.69) is 0 Å². The standard InChI is InChI=1S/C12H10O2S/c1-8-11-6-9-4-2-3-5-10(9)7-12(11)15(8,13)14/h2-8H,1H3/t8-/m1/s1. The minimum atomic E-state index is -3.01. The molecule has 0 N–H and O–H groups in total. The van der Waals surface area contributed by atoms with Gasteiger partial charge in [0.15, 0.2) is 9.84 Å². The van der Waals surface area contributed by atoms with Crippen molar-refractivity contribution in [2.24, 2.45) is 0 Å². The van der Waals surface area contributed by atoms with Crippen molar-refractivity contribution < 1.29 is 8.42 Å². The lowest BCUT2D eigenvalue weighted by Crippen LogP contribution is -2.23. The van der Waals surface area contributed by atoms with Crippen LogP contribution in [0.4, 0.5) is 0 Å².